The van der Waals surface area contributed by atoms with E-state index in [0.29, 0.717) is 43.9 Å². The Hall–Kier alpha value is -3.99. The van der Waals surface area contributed by atoms with Gasteiger partial charge in [-0.15, -0.1) is 0 Å². The summed E-state index contributed by atoms with van der Waals surface area (Å²) in [6.07, 6.45) is 2.62. The summed E-state index contributed by atoms with van der Waals surface area (Å²) in [6, 6.07) is 9.47. The smallest absolute Gasteiger partial charge is 0.332 e. The van der Waals surface area contributed by atoms with Gasteiger partial charge in [-0.25, -0.2) is 4.79 Å². The van der Waals surface area contributed by atoms with E-state index in [-0.39, 0.29) is 36.6 Å². The van der Waals surface area contributed by atoms with Crippen LogP contribution in [0, 0.1) is 5.41 Å². The summed E-state index contributed by atoms with van der Waals surface area (Å²) in [6.45, 7) is 2.80. The number of nitrogen functional groups attached to an aromatic ring is 1. The molecule has 1 saturated heterocycles. The van der Waals surface area contributed by atoms with Crippen LogP contribution in [0.4, 0.5) is 0 Å². The van der Waals surface area contributed by atoms with Crippen LogP contribution in [-0.4, -0.2) is 79.1 Å². The first-order valence-electron chi connectivity index (χ1n) is 12.1. The Labute approximate surface area is 215 Å². The van der Waals surface area contributed by atoms with Crippen molar-refractivity contribution in [1.82, 2.24) is 15.2 Å². The van der Waals surface area contributed by atoms with Crippen LogP contribution in [0.1, 0.15) is 41.4 Å². The number of hydrogen-bond donors (Lipinski definition) is 3. The Bertz CT molecular complexity index is 1080. The van der Waals surface area contributed by atoms with Gasteiger partial charge in [-0.3, -0.25) is 20.0 Å². The molecule has 11 nitrogen and oxygen atoms in total. The van der Waals surface area contributed by atoms with E-state index in [0.717, 1.165) is 5.56 Å². The van der Waals surface area contributed by atoms with E-state index >= 15 is 0 Å². The average molecular weight is 512 g/mol. The minimum Gasteiger partial charge on any atom is -0.497 e. The minimum absolute atomic E-state index is 0.113. The quantitative estimate of drug-likeness (QED) is 0.231. The van der Waals surface area contributed by atoms with E-state index in [4.69, 9.17) is 25.4 Å². The fourth-order valence-corrected chi connectivity index (χ4v) is 3.97. The van der Waals surface area contributed by atoms with Crippen LogP contribution in [0.25, 0.3) is 0 Å². The lowest BCUT2D eigenvalue weighted by molar-refractivity contribution is -0.152. The van der Waals surface area contributed by atoms with Gasteiger partial charge in [0.1, 0.15) is 29.9 Å². The van der Waals surface area contributed by atoms with Gasteiger partial charge in [0.15, 0.2) is 0 Å². The van der Waals surface area contributed by atoms with Crippen LogP contribution in [0.2, 0.25) is 0 Å². The molecular formula is C26H33N5O6. The van der Waals surface area contributed by atoms with E-state index in [9.17, 15) is 14.4 Å². The van der Waals surface area contributed by atoms with Gasteiger partial charge in [-0.1, -0.05) is 12.1 Å². The number of rotatable bonds is 11. The molecule has 2 aromatic rings. The number of piperidine rings is 1. The molecule has 0 radical (unpaired) electrons. The molecular weight excluding hydrogens is 478 g/mol. The summed E-state index contributed by atoms with van der Waals surface area (Å²) in [4.78, 5) is 43.8. The van der Waals surface area contributed by atoms with Crippen LogP contribution in [0.3, 0.4) is 0 Å². The Morgan fingerprint density at radius 3 is 2.43 bits per heavy atom. The number of likely N-dealkylation sites (tertiary alicyclic amines) is 1. The lowest BCUT2D eigenvalue weighted by atomic mass is 10.0. The standard InChI is InChI=1S/C26H33N5O6/c1-3-36-23(32)16-37-20-10-12-31(13-11-20)26(34)22(14-17-4-7-19(35-2)8-5-17)30-25(33)21-9-6-18(15-29-21)24(27)28/h4-9,15,20,22H,3,10-14,16H2,1-2H3,(H3,27,28)(H,30,33)/t22-/m0/s1. The molecule has 3 rings (SSSR count). The third-order valence-electron chi connectivity index (χ3n) is 6.01. The number of esters is 1. The number of amidine groups is 1. The monoisotopic (exact) mass is 511 g/mol. The van der Waals surface area contributed by atoms with E-state index in [1.165, 1.54) is 18.3 Å². The number of methoxy groups -OCH3 is 1. The molecule has 1 aliphatic rings. The predicted octanol–water partition coefficient (Wildman–Crippen LogP) is 1.29. The topological polar surface area (TPSA) is 157 Å². The molecule has 2 amide bonds. The van der Waals surface area contributed by atoms with Crippen molar-refractivity contribution in [3.63, 3.8) is 0 Å². The predicted molar refractivity (Wildman–Crippen MR) is 135 cm³/mol. The maximum atomic E-state index is 13.5. The van der Waals surface area contributed by atoms with Crippen molar-refractivity contribution < 1.29 is 28.6 Å². The second-order valence-electron chi connectivity index (χ2n) is 8.56. The van der Waals surface area contributed by atoms with Gasteiger partial charge in [-0.05, 0) is 49.6 Å². The minimum atomic E-state index is -0.827. The summed E-state index contributed by atoms with van der Waals surface area (Å²) in [5.41, 5.74) is 6.83. The third kappa shape index (κ3) is 8.01. The molecule has 0 bridgehead atoms. The first-order chi connectivity index (χ1) is 17.8. The van der Waals surface area contributed by atoms with Crippen LogP contribution >= 0.6 is 0 Å². The van der Waals surface area contributed by atoms with E-state index < -0.39 is 17.9 Å². The van der Waals surface area contributed by atoms with Gasteiger partial charge in [0, 0.05) is 31.3 Å². The molecule has 4 N–H and O–H groups in total. The van der Waals surface area contributed by atoms with Gasteiger partial charge >= 0.3 is 5.97 Å². The molecule has 0 aliphatic carbocycles. The number of carbonyl (C=O) groups is 3. The Balaban J connectivity index is 1.67. The molecule has 1 aromatic carbocycles. The van der Waals surface area contributed by atoms with Gasteiger partial charge in [0.05, 0.1) is 19.8 Å². The van der Waals surface area contributed by atoms with Crippen molar-refractivity contribution in [2.45, 2.75) is 38.3 Å². The number of nitrogens with one attached hydrogen (secondary N) is 2. The first kappa shape index (κ1) is 27.6. The lowest BCUT2D eigenvalue weighted by Gasteiger charge is -2.34. The summed E-state index contributed by atoms with van der Waals surface area (Å²) >= 11 is 0. The van der Waals surface area contributed by atoms with Crippen molar-refractivity contribution in [3.8, 4) is 5.75 Å². The number of pyridine rings is 1. The van der Waals surface area contributed by atoms with Gasteiger partial charge in [-0.2, -0.15) is 0 Å². The Kier molecular flexibility index (Phi) is 9.96. The zero-order valence-corrected chi connectivity index (χ0v) is 21.1. The molecule has 1 aliphatic heterocycles. The van der Waals surface area contributed by atoms with Crippen molar-refractivity contribution in [3.05, 3.63) is 59.4 Å². The molecule has 0 unspecified atom stereocenters. The molecule has 37 heavy (non-hydrogen) atoms. The summed E-state index contributed by atoms with van der Waals surface area (Å²) in [5, 5.41) is 10.3. The average Bonchev–Trinajstić information content (AvgIpc) is 2.92. The number of benzene rings is 1. The summed E-state index contributed by atoms with van der Waals surface area (Å²) < 4.78 is 15.7. The maximum Gasteiger partial charge on any atom is 0.332 e. The molecule has 1 aromatic heterocycles. The van der Waals surface area contributed by atoms with Crippen molar-refractivity contribution in [2.75, 3.05) is 33.4 Å². The highest BCUT2D eigenvalue weighted by atomic mass is 16.6. The van der Waals surface area contributed by atoms with E-state index in [1.54, 1.807) is 31.1 Å². The van der Waals surface area contributed by atoms with Crippen LogP contribution in [0.5, 0.6) is 5.75 Å². The number of ether oxygens (including phenoxy) is 3. The zero-order chi connectivity index (χ0) is 26.8. The molecule has 11 heteroatoms. The van der Waals surface area contributed by atoms with Crippen molar-refractivity contribution >= 4 is 23.6 Å². The number of nitrogens with two attached hydrogens (primary N) is 1. The molecule has 0 saturated carbocycles. The highest BCUT2D eigenvalue weighted by molar-refractivity contribution is 5.98. The molecule has 2 heterocycles. The number of carbonyl (C=O) groups excluding carboxylic acids is 3. The molecule has 198 valence electrons. The van der Waals surface area contributed by atoms with Crippen LogP contribution < -0.4 is 15.8 Å². The lowest BCUT2D eigenvalue weighted by Crippen LogP contribution is -2.52. The van der Waals surface area contributed by atoms with Crippen LogP contribution in [-0.2, 0) is 25.5 Å². The number of hydrogen-bond acceptors (Lipinski definition) is 8. The third-order valence-corrected chi connectivity index (χ3v) is 6.01. The highest BCUT2D eigenvalue weighted by Crippen LogP contribution is 2.18. The zero-order valence-electron chi connectivity index (χ0n) is 21.1. The van der Waals surface area contributed by atoms with Gasteiger partial charge in [0.2, 0.25) is 5.91 Å². The normalized spacial score (nSPS) is 14.5. The number of nitrogens with zero attached hydrogens (tertiary/aromatic N) is 2. The van der Waals surface area contributed by atoms with Crippen molar-refractivity contribution in [2.24, 2.45) is 5.73 Å². The largest absolute Gasteiger partial charge is 0.497 e. The summed E-state index contributed by atoms with van der Waals surface area (Å²) in [7, 11) is 1.58. The second-order valence-corrected chi connectivity index (χ2v) is 8.56. The van der Waals surface area contributed by atoms with E-state index in [1.807, 2.05) is 12.1 Å². The molecule has 0 spiro atoms. The highest BCUT2D eigenvalue weighted by Gasteiger charge is 2.30. The fraction of sp³-hybridized carbons (Fsp3) is 0.423. The molecule has 1 fully saturated rings. The Morgan fingerprint density at radius 2 is 1.86 bits per heavy atom. The second kappa shape index (κ2) is 13.4. The fourth-order valence-electron chi connectivity index (χ4n) is 3.97. The summed E-state index contributed by atoms with van der Waals surface area (Å²) in [5.74, 6) is -0.590. The molecule has 1 atom stereocenters. The van der Waals surface area contributed by atoms with Crippen LogP contribution in [0.15, 0.2) is 42.6 Å². The van der Waals surface area contributed by atoms with Gasteiger partial charge < -0.3 is 30.2 Å². The first-order valence-corrected chi connectivity index (χ1v) is 12.1. The Morgan fingerprint density at radius 1 is 1.16 bits per heavy atom. The van der Waals surface area contributed by atoms with E-state index in [2.05, 4.69) is 10.3 Å². The number of amides is 2. The number of aromatic nitrogens is 1. The van der Waals surface area contributed by atoms with Gasteiger partial charge in [0.25, 0.3) is 5.91 Å². The SMILES string of the molecule is CCOC(=O)COC1CCN(C(=O)[C@H](Cc2ccc(OC)cc2)NC(=O)c2ccc(C(=N)N)cn2)CC1. The maximum absolute atomic E-state index is 13.5. The van der Waals surface area contributed by atoms with Crippen molar-refractivity contribution in [1.29, 1.82) is 5.41 Å².